The molecule has 2 N–H and O–H groups in total. The smallest absolute Gasteiger partial charge is 0.223 e. The van der Waals surface area contributed by atoms with Gasteiger partial charge in [-0.3, -0.25) is 4.79 Å². The first-order valence-corrected chi connectivity index (χ1v) is 7.87. The van der Waals surface area contributed by atoms with E-state index in [0.29, 0.717) is 5.92 Å². The number of hydrogen-bond donors (Lipinski definition) is 2. The lowest BCUT2D eigenvalue weighted by atomic mass is 9.68. The Labute approximate surface area is 122 Å². The highest BCUT2D eigenvalue weighted by molar-refractivity contribution is 5.79. The van der Waals surface area contributed by atoms with Crippen LogP contribution in [0.15, 0.2) is 0 Å². The van der Waals surface area contributed by atoms with Crippen molar-refractivity contribution >= 4 is 5.91 Å². The van der Waals surface area contributed by atoms with Crippen molar-refractivity contribution < 1.29 is 4.79 Å². The van der Waals surface area contributed by atoms with Crippen LogP contribution in [0.1, 0.15) is 59.3 Å². The van der Waals surface area contributed by atoms with E-state index in [1.54, 1.807) is 0 Å². The van der Waals surface area contributed by atoms with Gasteiger partial charge in [-0.25, -0.2) is 0 Å². The quantitative estimate of drug-likeness (QED) is 0.615. The molecule has 0 heterocycles. The Morgan fingerprint density at radius 3 is 2.40 bits per heavy atom. The molecule has 0 radical (unpaired) electrons. The molecule has 0 aromatic rings. The lowest BCUT2D eigenvalue weighted by Crippen LogP contribution is -2.51. The van der Waals surface area contributed by atoms with Crippen LogP contribution in [-0.4, -0.2) is 18.0 Å². The van der Waals surface area contributed by atoms with Crippen molar-refractivity contribution in [3.63, 3.8) is 0 Å². The first-order valence-electron chi connectivity index (χ1n) is 7.87. The van der Waals surface area contributed by atoms with Gasteiger partial charge in [-0.05, 0) is 43.4 Å². The summed E-state index contributed by atoms with van der Waals surface area (Å²) in [5, 5.41) is 15.1. The standard InChI is InChI=1S/C16H27N3O/c1-16(2,3)13-8-7-12(9-14(13)18-10-17)19-15(20)11-5-4-6-11/h11-14,18H,4-9H2,1-3H3,(H,19,20). The third-order valence-corrected chi connectivity index (χ3v) is 5.03. The highest BCUT2D eigenvalue weighted by Crippen LogP contribution is 2.38. The molecule has 3 atom stereocenters. The Bertz CT molecular complexity index is 390. The van der Waals surface area contributed by atoms with Crippen LogP contribution in [-0.2, 0) is 4.79 Å². The van der Waals surface area contributed by atoms with Crippen LogP contribution in [0, 0.1) is 28.7 Å². The zero-order valence-electron chi connectivity index (χ0n) is 12.9. The van der Waals surface area contributed by atoms with E-state index in [1.807, 2.05) is 0 Å². The van der Waals surface area contributed by atoms with E-state index >= 15 is 0 Å². The molecule has 2 aliphatic rings. The monoisotopic (exact) mass is 277 g/mol. The summed E-state index contributed by atoms with van der Waals surface area (Å²) in [4.78, 5) is 12.0. The summed E-state index contributed by atoms with van der Waals surface area (Å²) in [5.74, 6) is 0.961. The summed E-state index contributed by atoms with van der Waals surface area (Å²) < 4.78 is 0. The lowest BCUT2D eigenvalue weighted by molar-refractivity contribution is -0.128. The lowest BCUT2D eigenvalue weighted by Gasteiger charge is -2.43. The molecule has 1 amide bonds. The Balaban J connectivity index is 1.92. The van der Waals surface area contributed by atoms with E-state index in [0.717, 1.165) is 32.1 Å². The van der Waals surface area contributed by atoms with Gasteiger partial charge in [0.05, 0.1) is 0 Å². The van der Waals surface area contributed by atoms with Gasteiger partial charge >= 0.3 is 0 Å². The first-order chi connectivity index (χ1) is 9.41. The molecule has 0 saturated heterocycles. The van der Waals surface area contributed by atoms with Crippen molar-refractivity contribution in [2.75, 3.05) is 0 Å². The third-order valence-electron chi connectivity index (χ3n) is 5.03. The molecular formula is C16H27N3O. The fraction of sp³-hybridized carbons (Fsp3) is 0.875. The molecule has 0 aromatic heterocycles. The van der Waals surface area contributed by atoms with E-state index in [-0.39, 0.29) is 29.3 Å². The minimum Gasteiger partial charge on any atom is -0.353 e. The van der Waals surface area contributed by atoms with Crippen LogP contribution >= 0.6 is 0 Å². The van der Waals surface area contributed by atoms with Crippen LogP contribution in [0.5, 0.6) is 0 Å². The van der Waals surface area contributed by atoms with Crippen LogP contribution < -0.4 is 10.6 Å². The number of hydrogen-bond acceptors (Lipinski definition) is 3. The van der Waals surface area contributed by atoms with Crippen LogP contribution in [0.25, 0.3) is 0 Å². The maximum Gasteiger partial charge on any atom is 0.223 e. The van der Waals surface area contributed by atoms with E-state index in [2.05, 4.69) is 37.6 Å². The maximum absolute atomic E-state index is 12.0. The Morgan fingerprint density at radius 2 is 1.90 bits per heavy atom. The number of carbonyl (C=O) groups excluding carboxylic acids is 1. The summed E-state index contributed by atoms with van der Waals surface area (Å²) in [6.45, 7) is 6.70. The number of rotatable bonds is 3. The number of amides is 1. The van der Waals surface area contributed by atoms with E-state index in [9.17, 15) is 4.79 Å². The minimum atomic E-state index is 0.181. The van der Waals surface area contributed by atoms with Gasteiger partial charge < -0.3 is 10.6 Å². The predicted octanol–water partition coefficient (Wildman–Crippen LogP) is 2.56. The largest absolute Gasteiger partial charge is 0.353 e. The molecule has 0 aromatic carbocycles. The topological polar surface area (TPSA) is 64.9 Å². The normalized spacial score (nSPS) is 31.0. The van der Waals surface area contributed by atoms with Crippen LogP contribution in [0.3, 0.4) is 0 Å². The van der Waals surface area contributed by atoms with Crippen molar-refractivity contribution in [3.05, 3.63) is 0 Å². The number of nitrogens with zero attached hydrogens (tertiary/aromatic N) is 1. The van der Waals surface area contributed by atoms with Gasteiger partial charge in [0, 0.05) is 18.0 Å². The number of carbonyl (C=O) groups is 1. The summed E-state index contributed by atoms with van der Waals surface area (Å²) in [7, 11) is 0. The Hall–Kier alpha value is -1.24. The van der Waals surface area contributed by atoms with Crippen molar-refractivity contribution in [1.82, 2.24) is 10.6 Å². The van der Waals surface area contributed by atoms with Gasteiger partial charge in [0.25, 0.3) is 0 Å². The second-order valence-corrected chi connectivity index (χ2v) is 7.48. The molecule has 2 saturated carbocycles. The average molecular weight is 277 g/mol. The third kappa shape index (κ3) is 3.45. The minimum absolute atomic E-state index is 0.181. The zero-order chi connectivity index (χ0) is 14.8. The predicted molar refractivity (Wildman–Crippen MR) is 78.6 cm³/mol. The van der Waals surface area contributed by atoms with E-state index in [4.69, 9.17) is 5.26 Å². The van der Waals surface area contributed by atoms with E-state index < -0.39 is 0 Å². The number of nitriles is 1. The van der Waals surface area contributed by atoms with Crippen molar-refractivity contribution in [3.8, 4) is 6.19 Å². The molecule has 0 bridgehead atoms. The Morgan fingerprint density at radius 1 is 1.20 bits per heavy atom. The molecule has 2 aliphatic carbocycles. The van der Waals surface area contributed by atoms with Gasteiger partial charge in [-0.15, -0.1) is 0 Å². The summed E-state index contributed by atoms with van der Waals surface area (Å²) in [6, 6.07) is 0.410. The van der Waals surface area contributed by atoms with Crippen LogP contribution in [0.2, 0.25) is 0 Å². The number of nitrogens with one attached hydrogen (secondary N) is 2. The van der Waals surface area contributed by atoms with Gasteiger partial charge in [-0.1, -0.05) is 27.2 Å². The average Bonchev–Trinajstić information content (AvgIpc) is 2.25. The molecular weight excluding hydrogens is 250 g/mol. The molecule has 0 aliphatic heterocycles. The highest BCUT2D eigenvalue weighted by Gasteiger charge is 2.38. The summed E-state index contributed by atoms with van der Waals surface area (Å²) in [6.07, 6.45) is 8.34. The second kappa shape index (κ2) is 6.03. The zero-order valence-corrected chi connectivity index (χ0v) is 12.9. The van der Waals surface area contributed by atoms with Crippen molar-refractivity contribution in [1.29, 1.82) is 5.26 Å². The van der Waals surface area contributed by atoms with E-state index in [1.165, 1.54) is 6.42 Å². The fourth-order valence-electron chi connectivity index (χ4n) is 3.57. The molecule has 0 spiro atoms. The molecule has 112 valence electrons. The first kappa shape index (κ1) is 15.2. The summed E-state index contributed by atoms with van der Waals surface area (Å²) in [5.41, 5.74) is 0.192. The second-order valence-electron chi connectivity index (χ2n) is 7.48. The van der Waals surface area contributed by atoms with Crippen LogP contribution in [0.4, 0.5) is 0 Å². The van der Waals surface area contributed by atoms with Gasteiger partial charge in [-0.2, -0.15) is 5.26 Å². The molecule has 3 unspecified atom stereocenters. The van der Waals surface area contributed by atoms with Gasteiger partial charge in [0.2, 0.25) is 5.91 Å². The summed E-state index contributed by atoms with van der Waals surface area (Å²) >= 11 is 0. The highest BCUT2D eigenvalue weighted by atomic mass is 16.2. The fourth-order valence-corrected chi connectivity index (χ4v) is 3.57. The molecule has 2 rings (SSSR count). The Kier molecular flexibility index (Phi) is 4.57. The van der Waals surface area contributed by atoms with Gasteiger partial charge in [0.1, 0.15) is 0 Å². The van der Waals surface area contributed by atoms with Gasteiger partial charge in [0.15, 0.2) is 6.19 Å². The molecule has 4 heteroatoms. The molecule has 4 nitrogen and oxygen atoms in total. The maximum atomic E-state index is 12.0. The SMILES string of the molecule is CC(C)(C)C1CCC(NC(=O)C2CCC2)CC1NC#N. The van der Waals surface area contributed by atoms with Crippen molar-refractivity contribution in [2.45, 2.75) is 71.4 Å². The molecule has 20 heavy (non-hydrogen) atoms. The van der Waals surface area contributed by atoms with Crippen molar-refractivity contribution in [2.24, 2.45) is 17.3 Å². The molecule has 2 fully saturated rings.